The molecule has 4 nitrogen and oxygen atoms in total. The van der Waals surface area contributed by atoms with Crippen LogP contribution < -0.4 is 4.74 Å². The van der Waals surface area contributed by atoms with Gasteiger partial charge >= 0.3 is 0 Å². The largest absolute Gasteiger partial charge is 0.488 e. The van der Waals surface area contributed by atoms with Gasteiger partial charge in [0.25, 0.3) is 0 Å². The SMILES string of the molecule is O=C(/C=C/C1=Cc2cc(Cl)ccc2OC1)N(Cc1cccs1)CC1CCCO1. The second-order valence-electron chi connectivity index (χ2n) is 6.96. The number of fused-ring (bicyclic) bond motifs is 1. The number of carbonyl (C=O) groups excluding carboxylic acids is 1. The highest BCUT2D eigenvalue weighted by molar-refractivity contribution is 7.09. The summed E-state index contributed by atoms with van der Waals surface area (Å²) in [5, 5.41) is 2.70. The zero-order valence-corrected chi connectivity index (χ0v) is 17.0. The van der Waals surface area contributed by atoms with Crippen molar-refractivity contribution in [3.8, 4) is 5.75 Å². The summed E-state index contributed by atoms with van der Waals surface area (Å²) in [5.74, 6) is 0.798. The van der Waals surface area contributed by atoms with Crippen molar-refractivity contribution < 1.29 is 14.3 Å². The molecule has 4 rings (SSSR count). The Kier molecular flexibility index (Phi) is 6.15. The number of hydrogen-bond acceptors (Lipinski definition) is 4. The number of benzene rings is 1. The van der Waals surface area contributed by atoms with Crippen molar-refractivity contribution in [3.63, 3.8) is 0 Å². The molecule has 0 bridgehead atoms. The summed E-state index contributed by atoms with van der Waals surface area (Å²) < 4.78 is 11.5. The van der Waals surface area contributed by atoms with Gasteiger partial charge in [0.05, 0.1) is 12.6 Å². The summed E-state index contributed by atoms with van der Waals surface area (Å²) in [6.07, 6.45) is 7.68. The Morgan fingerprint density at radius 1 is 1.36 bits per heavy atom. The zero-order valence-electron chi connectivity index (χ0n) is 15.5. The molecule has 2 aliphatic heterocycles. The average molecular weight is 416 g/mol. The van der Waals surface area contributed by atoms with Crippen molar-refractivity contribution in [2.75, 3.05) is 19.8 Å². The van der Waals surface area contributed by atoms with E-state index in [0.29, 0.717) is 24.7 Å². The van der Waals surface area contributed by atoms with Crippen molar-refractivity contribution in [2.24, 2.45) is 0 Å². The number of rotatable bonds is 6. The van der Waals surface area contributed by atoms with Crippen molar-refractivity contribution in [1.82, 2.24) is 4.90 Å². The van der Waals surface area contributed by atoms with Gasteiger partial charge < -0.3 is 14.4 Å². The van der Waals surface area contributed by atoms with Crippen LogP contribution in [0.4, 0.5) is 0 Å². The Balaban J connectivity index is 1.47. The molecular weight excluding hydrogens is 394 g/mol. The summed E-state index contributed by atoms with van der Waals surface area (Å²) in [7, 11) is 0. The van der Waals surface area contributed by atoms with E-state index in [2.05, 4.69) is 6.07 Å². The van der Waals surface area contributed by atoms with Crippen LogP contribution in [0.3, 0.4) is 0 Å². The van der Waals surface area contributed by atoms with Crippen LogP contribution >= 0.6 is 22.9 Å². The molecule has 0 saturated carbocycles. The van der Waals surface area contributed by atoms with Crippen LogP contribution in [-0.2, 0) is 16.1 Å². The maximum Gasteiger partial charge on any atom is 0.246 e. The number of carbonyl (C=O) groups is 1. The van der Waals surface area contributed by atoms with Gasteiger partial charge in [0.1, 0.15) is 12.4 Å². The first kappa shape index (κ1) is 19.2. The van der Waals surface area contributed by atoms with Crippen molar-refractivity contribution in [3.05, 3.63) is 68.9 Å². The van der Waals surface area contributed by atoms with E-state index in [1.165, 1.54) is 4.88 Å². The third-order valence-corrected chi connectivity index (χ3v) is 5.93. The molecule has 1 amide bonds. The van der Waals surface area contributed by atoms with Crippen LogP contribution in [0.2, 0.25) is 5.02 Å². The molecule has 1 atom stereocenters. The van der Waals surface area contributed by atoms with Crippen molar-refractivity contribution >= 4 is 34.9 Å². The van der Waals surface area contributed by atoms with Gasteiger partial charge in [-0.25, -0.2) is 0 Å². The summed E-state index contributed by atoms with van der Waals surface area (Å²) in [6.45, 7) is 2.45. The monoisotopic (exact) mass is 415 g/mol. The number of amides is 1. The Hall–Kier alpha value is -2.08. The lowest BCUT2D eigenvalue weighted by Crippen LogP contribution is -2.35. The molecule has 3 heterocycles. The molecule has 1 fully saturated rings. The number of hydrogen-bond donors (Lipinski definition) is 0. The van der Waals surface area contributed by atoms with E-state index >= 15 is 0 Å². The average Bonchev–Trinajstić information content (AvgIpc) is 3.39. The molecule has 2 aromatic rings. The molecule has 6 heteroatoms. The molecular formula is C22H22ClNO3S. The zero-order chi connectivity index (χ0) is 19.3. The maximum atomic E-state index is 12.9. The lowest BCUT2D eigenvalue weighted by atomic mass is 10.1. The Labute approximate surface area is 174 Å². The summed E-state index contributed by atoms with van der Waals surface area (Å²) in [6, 6.07) is 9.61. The molecule has 0 radical (unpaired) electrons. The minimum atomic E-state index is -0.0123. The van der Waals surface area contributed by atoms with E-state index in [4.69, 9.17) is 21.1 Å². The second-order valence-corrected chi connectivity index (χ2v) is 8.43. The molecule has 0 spiro atoms. The first-order valence-electron chi connectivity index (χ1n) is 9.41. The molecule has 1 aromatic carbocycles. The molecule has 1 unspecified atom stereocenters. The van der Waals surface area contributed by atoms with Crippen LogP contribution in [0.5, 0.6) is 5.75 Å². The van der Waals surface area contributed by atoms with Crippen molar-refractivity contribution in [2.45, 2.75) is 25.5 Å². The number of ether oxygens (including phenoxy) is 2. The van der Waals surface area contributed by atoms with E-state index in [-0.39, 0.29) is 12.0 Å². The smallest absolute Gasteiger partial charge is 0.246 e. The minimum Gasteiger partial charge on any atom is -0.488 e. The first-order valence-corrected chi connectivity index (χ1v) is 10.7. The minimum absolute atomic E-state index is 0.0123. The van der Waals surface area contributed by atoms with E-state index in [1.54, 1.807) is 17.4 Å². The summed E-state index contributed by atoms with van der Waals surface area (Å²) >= 11 is 7.73. The highest BCUT2D eigenvalue weighted by Gasteiger charge is 2.22. The van der Waals surface area contributed by atoms with Gasteiger partial charge in [-0.15, -0.1) is 11.3 Å². The molecule has 0 N–H and O–H groups in total. The van der Waals surface area contributed by atoms with Gasteiger partial charge in [-0.3, -0.25) is 4.79 Å². The van der Waals surface area contributed by atoms with Crippen LogP contribution in [0.15, 0.2) is 53.4 Å². The van der Waals surface area contributed by atoms with Crippen LogP contribution in [0, 0.1) is 0 Å². The maximum absolute atomic E-state index is 12.9. The lowest BCUT2D eigenvalue weighted by Gasteiger charge is -2.24. The molecule has 28 heavy (non-hydrogen) atoms. The lowest BCUT2D eigenvalue weighted by molar-refractivity contribution is -0.128. The molecule has 2 aliphatic rings. The van der Waals surface area contributed by atoms with Gasteiger partial charge in [-0.1, -0.05) is 23.7 Å². The van der Waals surface area contributed by atoms with Gasteiger partial charge in [-0.05, 0) is 54.1 Å². The second kappa shape index (κ2) is 8.95. The van der Waals surface area contributed by atoms with Crippen LogP contribution in [0.25, 0.3) is 6.08 Å². The Bertz CT molecular complexity index is 885. The third-order valence-electron chi connectivity index (χ3n) is 4.83. The van der Waals surface area contributed by atoms with Crippen LogP contribution in [0.1, 0.15) is 23.3 Å². The summed E-state index contributed by atoms with van der Waals surface area (Å²) in [5.41, 5.74) is 1.87. The normalized spacial score (nSPS) is 18.6. The predicted molar refractivity (Wildman–Crippen MR) is 113 cm³/mol. The Morgan fingerprint density at radius 3 is 3.07 bits per heavy atom. The number of nitrogens with zero attached hydrogens (tertiary/aromatic N) is 1. The first-order chi connectivity index (χ1) is 13.7. The topological polar surface area (TPSA) is 38.8 Å². The number of halogens is 1. The quantitative estimate of drug-likeness (QED) is 0.627. The molecule has 1 aromatic heterocycles. The fourth-order valence-electron chi connectivity index (χ4n) is 3.40. The van der Waals surface area contributed by atoms with Gasteiger partial charge in [-0.2, -0.15) is 0 Å². The molecule has 0 aliphatic carbocycles. The predicted octanol–water partition coefficient (Wildman–Crippen LogP) is 4.94. The van der Waals surface area contributed by atoms with Crippen LogP contribution in [-0.4, -0.2) is 36.7 Å². The van der Waals surface area contributed by atoms with Crippen molar-refractivity contribution in [1.29, 1.82) is 0 Å². The molecule has 1 saturated heterocycles. The number of thiophene rings is 1. The Morgan fingerprint density at radius 2 is 2.29 bits per heavy atom. The van der Waals surface area contributed by atoms with E-state index < -0.39 is 0 Å². The fraction of sp³-hybridized carbons (Fsp3) is 0.318. The van der Waals surface area contributed by atoms with E-state index in [1.807, 2.05) is 46.7 Å². The van der Waals surface area contributed by atoms with E-state index in [9.17, 15) is 4.79 Å². The third kappa shape index (κ3) is 4.85. The molecule has 146 valence electrons. The standard InChI is InChI=1S/C22H22ClNO3S/c23-18-6-7-21-17(12-18)11-16(15-27-21)5-8-22(25)24(13-19-3-1-9-26-19)14-20-4-2-10-28-20/h2,4-8,10-12,19H,1,3,9,13-15H2/b8-5+. The van der Waals surface area contributed by atoms with Gasteiger partial charge in [0.15, 0.2) is 0 Å². The summed E-state index contributed by atoms with van der Waals surface area (Å²) in [4.78, 5) is 15.9. The highest BCUT2D eigenvalue weighted by atomic mass is 35.5. The van der Waals surface area contributed by atoms with Gasteiger partial charge in [0.2, 0.25) is 5.91 Å². The van der Waals surface area contributed by atoms with E-state index in [0.717, 1.165) is 36.3 Å². The highest BCUT2D eigenvalue weighted by Crippen LogP contribution is 2.29. The van der Waals surface area contributed by atoms with Gasteiger partial charge in [0, 0.05) is 34.7 Å². The fourth-order valence-corrected chi connectivity index (χ4v) is 4.30.